The first-order chi connectivity index (χ1) is 9.08. The maximum atomic E-state index is 12.4. The Labute approximate surface area is 131 Å². The fourth-order valence-corrected chi connectivity index (χ4v) is 2.59. The summed E-state index contributed by atoms with van der Waals surface area (Å²) in [6.07, 6.45) is 0. The number of amides is 1. The van der Waals surface area contributed by atoms with Crippen molar-refractivity contribution in [3.05, 3.63) is 34.9 Å². The molecular weight excluding hydrogens is 295 g/mol. The topological polar surface area (TPSA) is 41.1 Å². The van der Waals surface area contributed by atoms with E-state index in [1.807, 2.05) is 24.3 Å². The van der Waals surface area contributed by atoms with Crippen molar-refractivity contribution in [2.24, 2.45) is 11.8 Å². The second kappa shape index (κ2) is 7.87. The molecule has 5 heteroatoms. The molecule has 20 heavy (non-hydrogen) atoms. The van der Waals surface area contributed by atoms with Crippen molar-refractivity contribution in [1.29, 1.82) is 0 Å². The van der Waals surface area contributed by atoms with E-state index in [0.29, 0.717) is 10.9 Å². The minimum atomic E-state index is -0.133. The molecule has 1 fully saturated rings. The monoisotopic (exact) mass is 316 g/mol. The molecule has 0 spiro atoms. The first-order valence-corrected chi connectivity index (χ1v) is 7.19. The van der Waals surface area contributed by atoms with Crippen molar-refractivity contribution in [3.8, 4) is 0 Å². The predicted octanol–water partition coefficient (Wildman–Crippen LogP) is 2.84. The summed E-state index contributed by atoms with van der Waals surface area (Å²) in [5, 5.41) is 6.95. The summed E-state index contributed by atoms with van der Waals surface area (Å²) in [6.45, 7) is 6.90. The number of benzene rings is 1. The number of carbonyl (C=O) groups is 1. The van der Waals surface area contributed by atoms with E-state index in [1.54, 1.807) is 0 Å². The summed E-state index contributed by atoms with van der Waals surface area (Å²) in [7, 11) is 0. The summed E-state index contributed by atoms with van der Waals surface area (Å²) in [4.78, 5) is 12.4. The number of nitrogens with one attached hydrogen (secondary N) is 2. The van der Waals surface area contributed by atoms with E-state index in [0.717, 1.165) is 25.2 Å². The third kappa shape index (κ3) is 4.37. The van der Waals surface area contributed by atoms with E-state index in [9.17, 15) is 4.79 Å². The van der Waals surface area contributed by atoms with E-state index < -0.39 is 0 Å². The van der Waals surface area contributed by atoms with Crippen LogP contribution in [-0.4, -0.2) is 25.5 Å². The zero-order valence-electron chi connectivity index (χ0n) is 11.9. The molecule has 1 atom stereocenters. The van der Waals surface area contributed by atoms with Crippen molar-refractivity contribution in [2.45, 2.75) is 19.8 Å². The molecule has 2 rings (SSSR count). The molecule has 1 heterocycles. The van der Waals surface area contributed by atoms with Crippen molar-refractivity contribution < 1.29 is 4.79 Å². The highest BCUT2D eigenvalue weighted by Gasteiger charge is 2.25. The van der Waals surface area contributed by atoms with Crippen LogP contribution < -0.4 is 10.6 Å². The lowest BCUT2D eigenvalue weighted by atomic mass is 9.87. The molecule has 3 nitrogen and oxygen atoms in total. The van der Waals surface area contributed by atoms with Gasteiger partial charge < -0.3 is 10.6 Å². The molecule has 1 saturated heterocycles. The maximum absolute atomic E-state index is 12.4. The van der Waals surface area contributed by atoms with Crippen LogP contribution in [0.4, 0.5) is 0 Å². The van der Waals surface area contributed by atoms with Crippen molar-refractivity contribution in [3.63, 3.8) is 0 Å². The molecule has 1 aliphatic heterocycles. The smallest absolute Gasteiger partial charge is 0.227 e. The first kappa shape index (κ1) is 17.3. The predicted molar refractivity (Wildman–Crippen MR) is 85.6 cm³/mol. The van der Waals surface area contributed by atoms with Gasteiger partial charge in [-0.2, -0.15) is 0 Å². The van der Waals surface area contributed by atoms with E-state index in [-0.39, 0.29) is 30.2 Å². The molecule has 1 aliphatic rings. The lowest BCUT2D eigenvalue weighted by Gasteiger charge is -2.28. The summed E-state index contributed by atoms with van der Waals surface area (Å²) >= 11 is 6.02. The van der Waals surface area contributed by atoms with Gasteiger partial charge in [-0.25, -0.2) is 0 Å². The number of rotatable bonds is 5. The minimum absolute atomic E-state index is 0. The standard InChI is InChI=1S/C15H21ClN2O.ClH/c1-10(2)14(12-4-3-5-13(16)6-12)15(19)18-9-11-7-17-8-11;/h3-6,10-11,14,17H,7-9H2,1-2H3,(H,18,19);1H. The van der Waals surface area contributed by atoms with Gasteiger partial charge in [0, 0.05) is 30.6 Å². The van der Waals surface area contributed by atoms with Gasteiger partial charge in [0.2, 0.25) is 5.91 Å². The van der Waals surface area contributed by atoms with Crippen molar-refractivity contribution in [2.75, 3.05) is 19.6 Å². The Kier molecular flexibility index (Phi) is 6.80. The van der Waals surface area contributed by atoms with Gasteiger partial charge in [-0.15, -0.1) is 12.4 Å². The molecule has 1 amide bonds. The van der Waals surface area contributed by atoms with Crippen LogP contribution in [0.25, 0.3) is 0 Å². The molecule has 112 valence electrons. The first-order valence-electron chi connectivity index (χ1n) is 6.82. The Morgan fingerprint density at radius 1 is 1.45 bits per heavy atom. The van der Waals surface area contributed by atoms with Crippen LogP contribution in [0.3, 0.4) is 0 Å². The van der Waals surface area contributed by atoms with Gasteiger partial charge in [-0.3, -0.25) is 4.79 Å². The molecular formula is C15H22Cl2N2O. The Bertz CT molecular complexity index is 447. The zero-order chi connectivity index (χ0) is 13.8. The molecule has 0 aliphatic carbocycles. The molecule has 1 unspecified atom stereocenters. The fourth-order valence-electron chi connectivity index (χ4n) is 2.39. The number of halogens is 2. The van der Waals surface area contributed by atoms with Crippen LogP contribution in [0.5, 0.6) is 0 Å². The molecule has 1 aromatic carbocycles. The highest BCUT2D eigenvalue weighted by Crippen LogP contribution is 2.26. The van der Waals surface area contributed by atoms with Gasteiger partial charge in [-0.05, 0) is 23.6 Å². The van der Waals surface area contributed by atoms with Gasteiger partial charge >= 0.3 is 0 Å². The summed E-state index contributed by atoms with van der Waals surface area (Å²) in [5.41, 5.74) is 0.992. The summed E-state index contributed by atoms with van der Waals surface area (Å²) in [6, 6.07) is 7.59. The average Bonchev–Trinajstić information content (AvgIpc) is 2.26. The molecule has 1 aromatic rings. The highest BCUT2D eigenvalue weighted by molar-refractivity contribution is 6.30. The Morgan fingerprint density at radius 3 is 2.65 bits per heavy atom. The molecule has 0 aromatic heterocycles. The van der Waals surface area contributed by atoms with Crippen LogP contribution in [0.1, 0.15) is 25.3 Å². The van der Waals surface area contributed by atoms with Gasteiger partial charge in [0.05, 0.1) is 5.92 Å². The minimum Gasteiger partial charge on any atom is -0.355 e. The van der Waals surface area contributed by atoms with Crippen molar-refractivity contribution in [1.82, 2.24) is 10.6 Å². The van der Waals surface area contributed by atoms with E-state index in [1.165, 1.54) is 0 Å². The van der Waals surface area contributed by atoms with Crippen LogP contribution in [0, 0.1) is 11.8 Å². The zero-order valence-corrected chi connectivity index (χ0v) is 13.4. The lowest BCUT2D eigenvalue weighted by molar-refractivity contribution is -0.123. The average molecular weight is 317 g/mol. The van der Waals surface area contributed by atoms with Crippen LogP contribution in [-0.2, 0) is 4.79 Å². The number of carbonyl (C=O) groups excluding carboxylic acids is 1. The van der Waals surface area contributed by atoms with Gasteiger partial charge in [0.15, 0.2) is 0 Å². The Balaban J connectivity index is 0.00000200. The van der Waals surface area contributed by atoms with Crippen LogP contribution >= 0.6 is 24.0 Å². The molecule has 0 radical (unpaired) electrons. The van der Waals surface area contributed by atoms with E-state index >= 15 is 0 Å². The third-order valence-corrected chi connectivity index (χ3v) is 3.82. The lowest BCUT2D eigenvalue weighted by Crippen LogP contribution is -2.49. The van der Waals surface area contributed by atoms with E-state index in [2.05, 4.69) is 24.5 Å². The summed E-state index contributed by atoms with van der Waals surface area (Å²) < 4.78 is 0. The van der Waals surface area contributed by atoms with E-state index in [4.69, 9.17) is 11.6 Å². The van der Waals surface area contributed by atoms with Crippen LogP contribution in [0.2, 0.25) is 5.02 Å². The largest absolute Gasteiger partial charge is 0.355 e. The highest BCUT2D eigenvalue weighted by atomic mass is 35.5. The molecule has 0 bridgehead atoms. The Hall–Kier alpha value is -0.770. The number of hydrogen-bond donors (Lipinski definition) is 2. The van der Waals surface area contributed by atoms with Gasteiger partial charge in [0.1, 0.15) is 0 Å². The van der Waals surface area contributed by atoms with Crippen LogP contribution in [0.15, 0.2) is 24.3 Å². The van der Waals surface area contributed by atoms with Gasteiger partial charge in [-0.1, -0.05) is 37.6 Å². The summed E-state index contributed by atoms with van der Waals surface area (Å²) in [5.74, 6) is 0.796. The van der Waals surface area contributed by atoms with Crippen molar-refractivity contribution >= 4 is 29.9 Å². The number of hydrogen-bond acceptors (Lipinski definition) is 2. The second-order valence-electron chi connectivity index (χ2n) is 5.55. The fraction of sp³-hybridized carbons (Fsp3) is 0.533. The second-order valence-corrected chi connectivity index (χ2v) is 5.98. The van der Waals surface area contributed by atoms with Gasteiger partial charge in [0.25, 0.3) is 0 Å². The maximum Gasteiger partial charge on any atom is 0.227 e. The SMILES string of the molecule is CC(C)C(C(=O)NCC1CNC1)c1cccc(Cl)c1.Cl. The quantitative estimate of drug-likeness (QED) is 0.877. The molecule has 2 N–H and O–H groups in total. The normalized spacial score (nSPS) is 16.2. The third-order valence-electron chi connectivity index (χ3n) is 3.59. The Morgan fingerprint density at radius 2 is 2.15 bits per heavy atom. The molecule has 0 saturated carbocycles.